The highest BCUT2D eigenvalue weighted by atomic mass is 16.5. The Kier molecular flexibility index (Phi) is 8.78. The van der Waals surface area contributed by atoms with Crippen molar-refractivity contribution in [2.24, 2.45) is 0 Å². The Morgan fingerprint density at radius 2 is 1.87 bits per heavy atom. The van der Waals surface area contributed by atoms with E-state index in [1.54, 1.807) is 29.2 Å². The van der Waals surface area contributed by atoms with E-state index >= 15 is 0 Å². The van der Waals surface area contributed by atoms with Crippen molar-refractivity contribution in [3.05, 3.63) is 57.6 Å². The summed E-state index contributed by atoms with van der Waals surface area (Å²) >= 11 is 0. The van der Waals surface area contributed by atoms with Gasteiger partial charge in [0, 0.05) is 48.9 Å². The van der Waals surface area contributed by atoms with Crippen molar-refractivity contribution >= 4 is 23.5 Å². The summed E-state index contributed by atoms with van der Waals surface area (Å²) < 4.78 is 5.65. The first-order chi connectivity index (χ1) is 17.9. The number of ketones is 1. The van der Waals surface area contributed by atoms with Crippen LogP contribution in [0.2, 0.25) is 0 Å². The largest absolute Gasteiger partial charge is 0.507 e. The molecule has 38 heavy (non-hydrogen) atoms. The molecule has 1 heterocycles. The van der Waals surface area contributed by atoms with E-state index in [4.69, 9.17) is 15.3 Å². The van der Waals surface area contributed by atoms with Crippen molar-refractivity contribution < 1.29 is 29.3 Å². The molecule has 2 aromatic rings. The summed E-state index contributed by atoms with van der Waals surface area (Å²) in [5.41, 5.74) is 2.76. The number of carbonyl (C=O) groups excluding carboxylic acids is 2. The molecule has 2 aromatic carbocycles. The fraction of sp³-hybridized carbons (Fsp3) is 0.429. The number of carboxylic acid groups (broad SMARTS) is 1. The lowest BCUT2D eigenvalue weighted by Crippen LogP contribution is -2.30. The molecule has 0 aliphatic carbocycles. The number of Topliss-reactive ketones (excluding diaryl/α,β-unsaturated/α-hetero) is 1. The van der Waals surface area contributed by atoms with Crippen LogP contribution in [0.25, 0.3) is 0 Å². The van der Waals surface area contributed by atoms with Gasteiger partial charge in [-0.25, -0.2) is 0 Å². The summed E-state index contributed by atoms with van der Waals surface area (Å²) in [5.74, 6) is -0.820. The minimum Gasteiger partial charge on any atom is -0.507 e. The smallest absolute Gasteiger partial charge is 0.304 e. The Balaban J connectivity index is 1.87. The Bertz CT molecular complexity index is 1260. The summed E-state index contributed by atoms with van der Waals surface area (Å²) in [5, 5.41) is 34.0. The Morgan fingerprint density at radius 3 is 2.47 bits per heavy atom. The maximum Gasteiger partial charge on any atom is 0.304 e. The molecule has 10 nitrogen and oxygen atoms in total. The predicted octanol–water partition coefficient (Wildman–Crippen LogP) is 3.04. The number of phenols is 1. The average Bonchev–Trinajstić information content (AvgIpc) is 3.14. The van der Waals surface area contributed by atoms with Gasteiger partial charge in [0.25, 0.3) is 5.91 Å². The number of carbonyl (C=O) groups is 3. The second kappa shape index (κ2) is 11.6. The molecule has 10 heteroatoms. The average molecular weight is 525 g/mol. The maximum absolute atomic E-state index is 13.4. The molecule has 204 valence electrons. The first-order valence-electron chi connectivity index (χ1n) is 12.5. The van der Waals surface area contributed by atoms with Crippen LogP contribution < -0.4 is 15.4 Å². The van der Waals surface area contributed by atoms with Gasteiger partial charge in [-0.15, -0.1) is 0 Å². The zero-order chi connectivity index (χ0) is 28.2. The molecule has 0 radical (unpaired) electrons. The number of fused-ring (bicyclic) bond motifs is 1. The van der Waals surface area contributed by atoms with Crippen LogP contribution >= 0.6 is 0 Å². The van der Waals surface area contributed by atoms with E-state index in [9.17, 15) is 19.5 Å². The molecule has 5 N–H and O–H groups in total. The first-order valence-corrected chi connectivity index (χ1v) is 12.5. The minimum atomic E-state index is -0.925. The lowest BCUT2D eigenvalue weighted by Gasteiger charge is -2.24. The predicted molar refractivity (Wildman–Crippen MR) is 143 cm³/mol. The molecule has 0 saturated heterocycles. The maximum atomic E-state index is 13.4. The Hall–Kier alpha value is -3.92. The molecular weight excluding hydrogens is 488 g/mol. The van der Waals surface area contributed by atoms with Gasteiger partial charge in [-0.2, -0.15) is 0 Å². The number of amides is 1. The number of hydrogen-bond donors (Lipinski definition) is 5. The van der Waals surface area contributed by atoms with Gasteiger partial charge in [-0.05, 0) is 42.2 Å². The number of aromatic hydroxyl groups is 1. The topological polar surface area (TPSA) is 152 Å². The van der Waals surface area contributed by atoms with Gasteiger partial charge in [-0.3, -0.25) is 19.8 Å². The molecule has 1 aliphatic rings. The Labute approximate surface area is 222 Å². The molecule has 1 aliphatic heterocycles. The second-order valence-corrected chi connectivity index (χ2v) is 10.2. The number of phenolic OH excluding ortho intramolecular Hbond substituents is 1. The van der Waals surface area contributed by atoms with Crippen LogP contribution in [-0.4, -0.2) is 65.4 Å². The van der Waals surface area contributed by atoms with Gasteiger partial charge in [0.05, 0.1) is 25.1 Å². The third kappa shape index (κ3) is 6.31. The number of amidine groups is 1. The van der Waals surface area contributed by atoms with E-state index in [2.05, 4.69) is 10.6 Å². The third-order valence-corrected chi connectivity index (χ3v) is 6.39. The number of nitrogens with zero attached hydrogens (tertiary/aromatic N) is 1. The van der Waals surface area contributed by atoms with E-state index < -0.39 is 11.4 Å². The molecule has 0 bridgehead atoms. The van der Waals surface area contributed by atoms with E-state index in [1.807, 2.05) is 27.7 Å². The van der Waals surface area contributed by atoms with Crippen LogP contribution in [0.3, 0.4) is 0 Å². The van der Waals surface area contributed by atoms with Gasteiger partial charge < -0.3 is 30.5 Å². The number of nitrogens with one attached hydrogen (secondary N) is 3. The molecule has 0 spiro atoms. The summed E-state index contributed by atoms with van der Waals surface area (Å²) in [6, 6.07) is 6.68. The summed E-state index contributed by atoms with van der Waals surface area (Å²) in [4.78, 5) is 38.3. The number of aliphatic carboxylic acids is 1. The third-order valence-electron chi connectivity index (χ3n) is 6.39. The molecule has 0 aromatic heterocycles. The van der Waals surface area contributed by atoms with Crippen LogP contribution in [0.4, 0.5) is 0 Å². The van der Waals surface area contributed by atoms with Crippen molar-refractivity contribution in [2.75, 3.05) is 26.7 Å². The van der Waals surface area contributed by atoms with E-state index in [0.717, 1.165) is 5.56 Å². The van der Waals surface area contributed by atoms with Crippen LogP contribution in [0, 0.1) is 5.41 Å². The number of hydrogen-bond acceptors (Lipinski definition) is 7. The van der Waals surface area contributed by atoms with Crippen molar-refractivity contribution in [2.45, 2.75) is 52.6 Å². The van der Waals surface area contributed by atoms with E-state index in [1.165, 1.54) is 7.05 Å². The molecule has 0 fully saturated rings. The SMILES string of the molecule is CCOc1cc2c(cc1C(=O)NC)C(=N)N(CC(=O)c1cc(CNCCC(=O)O)c(O)c(C(C)(C)C)c1)C2. The van der Waals surface area contributed by atoms with Crippen LogP contribution in [0.15, 0.2) is 24.3 Å². The van der Waals surface area contributed by atoms with Crippen molar-refractivity contribution in [3.63, 3.8) is 0 Å². The number of carboxylic acids is 1. The monoisotopic (exact) mass is 524 g/mol. The normalized spacial score (nSPS) is 12.9. The highest BCUT2D eigenvalue weighted by Crippen LogP contribution is 2.35. The molecule has 0 unspecified atom stereocenters. The number of benzene rings is 2. The molecule has 0 saturated carbocycles. The van der Waals surface area contributed by atoms with Crippen LogP contribution in [-0.2, 0) is 23.3 Å². The zero-order valence-electron chi connectivity index (χ0n) is 22.5. The first kappa shape index (κ1) is 28.6. The number of ether oxygens (including phenoxy) is 1. The summed E-state index contributed by atoms with van der Waals surface area (Å²) in [6.45, 7) is 8.70. The fourth-order valence-corrected chi connectivity index (χ4v) is 4.40. The van der Waals surface area contributed by atoms with Gasteiger partial charge >= 0.3 is 5.97 Å². The van der Waals surface area contributed by atoms with Gasteiger partial charge in [-0.1, -0.05) is 20.8 Å². The Morgan fingerprint density at radius 1 is 1.16 bits per heavy atom. The summed E-state index contributed by atoms with van der Waals surface area (Å²) in [7, 11) is 1.53. The lowest BCUT2D eigenvalue weighted by atomic mass is 9.83. The van der Waals surface area contributed by atoms with Crippen molar-refractivity contribution in [3.8, 4) is 11.5 Å². The molecular formula is C28H36N4O6. The highest BCUT2D eigenvalue weighted by Gasteiger charge is 2.30. The minimum absolute atomic E-state index is 0.0597. The number of rotatable bonds is 11. The van der Waals surface area contributed by atoms with E-state index in [0.29, 0.717) is 46.7 Å². The molecule has 1 amide bonds. The van der Waals surface area contributed by atoms with Gasteiger partial charge in [0.15, 0.2) is 5.78 Å². The standard InChI is InChI=1S/C28H36N4O6/c1-6-38-23-11-18-14-32(26(29)19(18)12-20(23)27(37)30-5)15-22(33)16-9-17(13-31-8-7-24(34)35)25(36)21(10-16)28(2,3)4/h9-12,29,31,36H,6-8,13-15H2,1-5H3,(H,30,37)(H,34,35). The zero-order valence-corrected chi connectivity index (χ0v) is 22.5. The van der Waals surface area contributed by atoms with Crippen LogP contribution in [0.5, 0.6) is 11.5 Å². The molecule has 3 rings (SSSR count). The van der Waals surface area contributed by atoms with E-state index in [-0.39, 0.29) is 49.3 Å². The quantitative estimate of drug-likeness (QED) is 0.222. The second-order valence-electron chi connectivity index (χ2n) is 10.2. The molecule has 0 atom stereocenters. The summed E-state index contributed by atoms with van der Waals surface area (Å²) in [6.07, 6.45) is -0.0597. The van der Waals surface area contributed by atoms with Gasteiger partial charge in [0.2, 0.25) is 0 Å². The van der Waals surface area contributed by atoms with Gasteiger partial charge in [0.1, 0.15) is 17.3 Å². The van der Waals surface area contributed by atoms with Crippen molar-refractivity contribution in [1.29, 1.82) is 5.41 Å². The highest BCUT2D eigenvalue weighted by molar-refractivity contribution is 6.07. The van der Waals surface area contributed by atoms with Crippen molar-refractivity contribution in [1.82, 2.24) is 15.5 Å². The lowest BCUT2D eigenvalue weighted by molar-refractivity contribution is -0.136. The van der Waals surface area contributed by atoms with Crippen LogP contribution in [0.1, 0.15) is 77.1 Å². The fourth-order valence-electron chi connectivity index (χ4n) is 4.40.